The summed E-state index contributed by atoms with van der Waals surface area (Å²) in [5.41, 5.74) is 2.59. The molecule has 4 nitrogen and oxygen atoms in total. The van der Waals surface area contributed by atoms with E-state index >= 15 is 0 Å². The lowest BCUT2D eigenvalue weighted by Gasteiger charge is -2.27. The Bertz CT molecular complexity index is 943. The highest BCUT2D eigenvalue weighted by Crippen LogP contribution is 2.37. The molecule has 164 valence electrons. The fraction of sp³-hybridized carbons (Fsp3) is 0.407. The van der Waals surface area contributed by atoms with Gasteiger partial charge in [-0.2, -0.15) is 0 Å². The first-order valence-electron chi connectivity index (χ1n) is 11.0. The molecule has 0 amide bonds. The molecule has 4 heteroatoms. The molecule has 0 N–H and O–H groups in total. The number of hydrogen-bond acceptors (Lipinski definition) is 4. The van der Waals surface area contributed by atoms with Crippen LogP contribution in [0.5, 0.6) is 5.75 Å². The summed E-state index contributed by atoms with van der Waals surface area (Å²) in [6, 6.07) is 15.9. The molecule has 4 rings (SSSR count). The van der Waals surface area contributed by atoms with Crippen LogP contribution in [0.2, 0.25) is 0 Å². The van der Waals surface area contributed by atoms with E-state index in [9.17, 15) is 9.59 Å². The molecule has 0 saturated carbocycles. The lowest BCUT2D eigenvalue weighted by molar-refractivity contribution is -0.152. The molecule has 0 fully saturated rings. The number of allylic oxidation sites excluding steroid dienone is 1. The minimum atomic E-state index is -0.422. The number of carbonyl (C=O) groups is 2. The lowest BCUT2D eigenvalue weighted by atomic mass is 9.79. The maximum atomic E-state index is 12.7. The Kier molecular flexibility index (Phi) is 7.32. The van der Waals surface area contributed by atoms with E-state index in [0.29, 0.717) is 5.75 Å². The summed E-state index contributed by atoms with van der Waals surface area (Å²) in [4.78, 5) is 25.3. The third-order valence-corrected chi connectivity index (χ3v) is 6.14. The van der Waals surface area contributed by atoms with Gasteiger partial charge in [-0.05, 0) is 35.1 Å². The van der Waals surface area contributed by atoms with Crippen LogP contribution in [-0.2, 0) is 20.9 Å². The summed E-state index contributed by atoms with van der Waals surface area (Å²) in [7, 11) is 0. The molecule has 31 heavy (non-hydrogen) atoms. The first-order valence-corrected chi connectivity index (χ1v) is 11.0. The zero-order valence-corrected chi connectivity index (χ0v) is 18.9. The van der Waals surface area contributed by atoms with Gasteiger partial charge in [-0.25, -0.2) is 0 Å². The number of benzene rings is 2. The van der Waals surface area contributed by atoms with Gasteiger partial charge in [0.1, 0.15) is 12.4 Å². The summed E-state index contributed by atoms with van der Waals surface area (Å²) in [6.07, 6.45) is 5.74. The van der Waals surface area contributed by atoms with Gasteiger partial charge in [-0.1, -0.05) is 82.7 Å². The molecule has 2 aliphatic heterocycles. The van der Waals surface area contributed by atoms with E-state index in [1.807, 2.05) is 63.2 Å². The van der Waals surface area contributed by atoms with Crippen molar-refractivity contribution in [2.24, 2.45) is 11.3 Å². The summed E-state index contributed by atoms with van der Waals surface area (Å²) < 4.78 is 11.5. The Morgan fingerprint density at radius 2 is 1.84 bits per heavy atom. The van der Waals surface area contributed by atoms with Crippen LogP contribution in [0.1, 0.15) is 69.6 Å². The molecule has 0 radical (unpaired) electrons. The predicted molar refractivity (Wildman–Crippen MR) is 122 cm³/mol. The van der Waals surface area contributed by atoms with E-state index < -0.39 is 5.41 Å². The van der Waals surface area contributed by atoms with Crippen LogP contribution in [0.15, 0.2) is 60.7 Å². The van der Waals surface area contributed by atoms with Gasteiger partial charge >= 0.3 is 11.9 Å². The highest BCUT2D eigenvalue weighted by Gasteiger charge is 2.31. The Hall–Kier alpha value is -2.88. The molecule has 2 atom stereocenters. The normalized spacial score (nSPS) is 21.0. The number of rotatable bonds is 4. The van der Waals surface area contributed by atoms with Gasteiger partial charge in [-0.15, -0.1) is 0 Å². The predicted octanol–water partition coefficient (Wildman–Crippen LogP) is 6.19. The van der Waals surface area contributed by atoms with E-state index in [0.717, 1.165) is 24.0 Å². The number of ether oxygens (including phenoxy) is 2. The second kappa shape index (κ2) is 9.95. The van der Waals surface area contributed by atoms with E-state index in [2.05, 4.69) is 19.1 Å². The molecule has 2 aliphatic rings. The monoisotopic (exact) mass is 420 g/mol. The van der Waals surface area contributed by atoms with Gasteiger partial charge in [0.05, 0.1) is 12.3 Å². The average molecular weight is 421 g/mol. The minimum Gasteiger partial charge on any atom is -0.461 e. The minimum absolute atomic E-state index is 0.0888. The van der Waals surface area contributed by atoms with Gasteiger partial charge < -0.3 is 9.47 Å². The van der Waals surface area contributed by atoms with Crippen molar-refractivity contribution in [1.29, 1.82) is 0 Å². The van der Waals surface area contributed by atoms with Crippen molar-refractivity contribution in [2.45, 2.75) is 59.5 Å². The molecule has 0 spiro atoms. The summed E-state index contributed by atoms with van der Waals surface area (Å²) in [5, 5.41) is 0. The highest BCUT2D eigenvalue weighted by molar-refractivity contribution is 5.75. The molecular formula is C27H32O4. The number of fused-ring (bicyclic) bond motifs is 10. The van der Waals surface area contributed by atoms with Gasteiger partial charge in [0.15, 0.2) is 0 Å². The molecule has 2 unspecified atom stereocenters. The van der Waals surface area contributed by atoms with E-state index in [4.69, 9.17) is 9.47 Å². The maximum Gasteiger partial charge on any atom is 0.315 e. The van der Waals surface area contributed by atoms with Crippen LogP contribution in [0, 0.1) is 11.3 Å². The third kappa shape index (κ3) is 5.63. The summed E-state index contributed by atoms with van der Waals surface area (Å²) >= 11 is 0. The van der Waals surface area contributed by atoms with Crippen LogP contribution in [0.25, 0.3) is 0 Å². The van der Waals surface area contributed by atoms with Crippen molar-refractivity contribution in [2.75, 3.05) is 0 Å². The zero-order chi connectivity index (χ0) is 22.4. The Labute approximate surface area is 185 Å². The average Bonchev–Trinajstić information content (AvgIpc) is 2.76. The topological polar surface area (TPSA) is 52.6 Å². The van der Waals surface area contributed by atoms with Crippen molar-refractivity contribution in [3.8, 4) is 5.75 Å². The van der Waals surface area contributed by atoms with Crippen molar-refractivity contribution < 1.29 is 19.1 Å². The first kappa shape index (κ1) is 22.8. The van der Waals surface area contributed by atoms with Crippen LogP contribution in [0.4, 0.5) is 0 Å². The SMILES string of the molecule is CCCC(c1ccccc1)c1cc2ccc1OC(=O)C/C=C/C(C)(C)C(C)C(=O)OC2. The Balaban J connectivity index is 2.03. The van der Waals surface area contributed by atoms with Crippen molar-refractivity contribution >= 4 is 11.9 Å². The molecule has 2 heterocycles. The molecule has 0 aliphatic carbocycles. The van der Waals surface area contributed by atoms with E-state index in [1.165, 1.54) is 5.56 Å². The van der Waals surface area contributed by atoms with Crippen molar-refractivity contribution in [3.63, 3.8) is 0 Å². The quantitative estimate of drug-likeness (QED) is 0.336. The van der Waals surface area contributed by atoms with Gasteiger partial charge in [0, 0.05) is 11.5 Å². The fourth-order valence-corrected chi connectivity index (χ4v) is 3.88. The van der Waals surface area contributed by atoms with Crippen molar-refractivity contribution in [1.82, 2.24) is 0 Å². The Morgan fingerprint density at radius 1 is 1.10 bits per heavy atom. The second-order valence-electron chi connectivity index (χ2n) is 8.86. The van der Waals surface area contributed by atoms with Crippen molar-refractivity contribution in [3.05, 3.63) is 77.4 Å². The molecular weight excluding hydrogens is 388 g/mol. The number of esters is 2. The fourth-order valence-electron chi connectivity index (χ4n) is 3.88. The van der Waals surface area contributed by atoms with Gasteiger partial charge in [-0.3, -0.25) is 9.59 Å². The summed E-state index contributed by atoms with van der Waals surface area (Å²) in [5.74, 6) is -0.227. The number of hydrogen-bond donors (Lipinski definition) is 0. The van der Waals surface area contributed by atoms with E-state index in [-0.39, 0.29) is 36.8 Å². The molecule has 2 aromatic rings. The smallest absolute Gasteiger partial charge is 0.315 e. The second-order valence-corrected chi connectivity index (χ2v) is 8.86. The number of carbonyl (C=O) groups excluding carboxylic acids is 2. The molecule has 0 aromatic heterocycles. The van der Waals surface area contributed by atoms with Crippen LogP contribution >= 0.6 is 0 Å². The lowest BCUT2D eigenvalue weighted by Crippen LogP contribution is -2.28. The van der Waals surface area contributed by atoms with Crippen LogP contribution in [-0.4, -0.2) is 11.9 Å². The van der Waals surface area contributed by atoms with Gasteiger partial charge in [0.2, 0.25) is 0 Å². The largest absolute Gasteiger partial charge is 0.461 e. The van der Waals surface area contributed by atoms with Gasteiger partial charge in [0.25, 0.3) is 0 Å². The molecule has 0 saturated heterocycles. The standard InChI is InChI=1S/C27H32O4/c1-5-10-22(21-11-7-6-8-12-21)23-17-20-14-15-24(23)31-25(28)13-9-16-27(3,4)19(2)26(29)30-18-20/h6-9,11-12,14-17,19,22H,5,10,13,18H2,1-4H3/b16-9+. The molecule has 2 bridgehead atoms. The first-order chi connectivity index (χ1) is 14.8. The summed E-state index contributed by atoms with van der Waals surface area (Å²) in [6.45, 7) is 8.13. The van der Waals surface area contributed by atoms with Crippen LogP contribution in [0.3, 0.4) is 0 Å². The molecule has 2 aromatic carbocycles. The highest BCUT2D eigenvalue weighted by atomic mass is 16.5. The zero-order valence-electron chi connectivity index (χ0n) is 18.9. The van der Waals surface area contributed by atoms with Crippen LogP contribution < -0.4 is 4.74 Å². The Morgan fingerprint density at radius 3 is 2.55 bits per heavy atom. The van der Waals surface area contributed by atoms with E-state index in [1.54, 1.807) is 6.08 Å². The maximum absolute atomic E-state index is 12.7. The third-order valence-electron chi connectivity index (χ3n) is 6.14.